The van der Waals surface area contributed by atoms with Crippen molar-refractivity contribution in [3.8, 4) is 0 Å². The van der Waals surface area contributed by atoms with Crippen LogP contribution in [0.15, 0.2) is 28.7 Å². The summed E-state index contributed by atoms with van der Waals surface area (Å²) in [6, 6.07) is 4.63. The van der Waals surface area contributed by atoms with E-state index in [1.807, 2.05) is 0 Å². The largest absolute Gasteiger partial charge is 0.507 e. The molecule has 1 aromatic rings. The molecule has 1 rings (SSSR count). The lowest BCUT2D eigenvalue weighted by atomic mass is 10.1. The lowest BCUT2D eigenvalue weighted by molar-refractivity contribution is -0.149. The molecule has 0 bridgehead atoms. The normalized spacial score (nSPS) is 11.1. The highest BCUT2D eigenvalue weighted by molar-refractivity contribution is 9.10. The predicted molar refractivity (Wildman–Crippen MR) is 66.8 cm³/mol. The molecule has 0 atom stereocenters. The van der Waals surface area contributed by atoms with Gasteiger partial charge in [-0.05, 0) is 34.1 Å². The maximum atomic E-state index is 11.2. The maximum Gasteiger partial charge on any atom is 0.378 e. The highest BCUT2D eigenvalue weighted by Gasteiger charge is 2.14. The number of halogens is 2. The summed E-state index contributed by atoms with van der Waals surface area (Å²) in [6.07, 6.45) is 0.791. The van der Waals surface area contributed by atoms with Crippen molar-refractivity contribution in [2.24, 2.45) is 0 Å². The molecular weight excluding hydrogens is 311 g/mol. The third-order valence-electron chi connectivity index (χ3n) is 1.86. The smallest absolute Gasteiger partial charge is 0.378 e. The highest BCUT2D eigenvalue weighted by atomic mass is 79.9. The van der Waals surface area contributed by atoms with E-state index in [9.17, 15) is 14.7 Å². The summed E-state index contributed by atoms with van der Waals surface area (Å²) in [6.45, 7) is 0. The van der Waals surface area contributed by atoms with E-state index in [1.54, 1.807) is 12.1 Å². The lowest BCUT2D eigenvalue weighted by Crippen LogP contribution is -2.13. The summed E-state index contributed by atoms with van der Waals surface area (Å²) >= 11 is 8.91. The molecule has 0 amide bonds. The number of carbonyl (C=O) groups excluding carboxylic acids is 2. The number of hydrogen-bond acceptors (Lipinski definition) is 4. The van der Waals surface area contributed by atoms with Crippen molar-refractivity contribution in [2.75, 3.05) is 7.11 Å². The zero-order valence-electron chi connectivity index (χ0n) is 8.74. The van der Waals surface area contributed by atoms with Crippen molar-refractivity contribution in [1.82, 2.24) is 0 Å². The van der Waals surface area contributed by atoms with Gasteiger partial charge in [0, 0.05) is 21.1 Å². The molecule has 17 heavy (non-hydrogen) atoms. The van der Waals surface area contributed by atoms with Crippen LogP contribution in [0.5, 0.6) is 0 Å². The summed E-state index contributed by atoms with van der Waals surface area (Å²) < 4.78 is 4.73. The topological polar surface area (TPSA) is 63.6 Å². The number of carbonyl (C=O) groups is 2. The van der Waals surface area contributed by atoms with Gasteiger partial charge in [0.2, 0.25) is 0 Å². The first-order valence-electron chi connectivity index (χ1n) is 4.44. The standard InChI is InChI=1S/C11H8BrClO4/c1-17-11(16)10(15)5-9(14)7-3-2-6(13)4-8(7)12/h2-5,14H,1H3/b9-5-. The number of aliphatic hydroxyl groups is 1. The number of ketones is 1. The summed E-state index contributed by atoms with van der Waals surface area (Å²) in [5.74, 6) is -2.32. The Morgan fingerprint density at radius 1 is 1.47 bits per heavy atom. The van der Waals surface area contributed by atoms with Gasteiger partial charge in [0.15, 0.2) is 0 Å². The van der Waals surface area contributed by atoms with Crippen LogP contribution in [-0.2, 0) is 14.3 Å². The van der Waals surface area contributed by atoms with Crippen molar-refractivity contribution in [2.45, 2.75) is 0 Å². The fraction of sp³-hybridized carbons (Fsp3) is 0.0909. The lowest BCUT2D eigenvalue weighted by Gasteiger charge is -2.03. The zero-order valence-corrected chi connectivity index (χ0v) is 11.1. The zero-order chi connectivity index (χ0) is 13.0. The Labute approximate surface area is 111 Å². The van der Waals surface area contributed by atoms with E-state index in [4.69, 9.17) is 11.6 Å². The molecule has 0 fully saturated rings. The van der Waals surface area contributed by atoms with Gasteiger partial charge in [0.1, 0.15) is 5.76 Å². The van der Waals surface area contributed by atoms with Gasteiger partial charge in [0.25, 0.3) is 5.78 Å². The number of hydrogen-bond donors (Lipinski definition) is 1. The first kappa shape index (κ1) is 13.7. The van der Waals surface area contributed by atoms with Gasteiger partial charge < -0.3 is 9.84 Å². The molecule has 4 nitrogen and oxygen atoms in total. The SMILES string of the molecule is COC(=O)C(=O)/C=C(\O)c1ccc(Cl)cc1Br. The molecule has 0 aliphatic heterocycles. The summed E-state index contributed by atoms with van der Waals surface area (Å²) in [5, 5.41) is 10.1. The molecule has 6 heteroatoms. The average molecular weight is 320 g/mol. The van der Waals surface area contributed by atoms with E-state index in [2.05, 4.69) is 20.7 Å². The Bertz CT molecular complexity index is 496. The fourth-order valence-corrected chi connectivity index (χ4v) is 1.94. The highest BCUT2D eigenvalue weighted by Crippen LogP contribution is 2.26. The molecule has 0 aliphatic carbocycles. The molecule has 0 aromatic heterocycles. The van der Waals surface area contributed by atoms with E-state index in [1.165, 1.54) is 6.07 Å². The van der Waals surface area contributed by atoms with E-state index in [0.717, 1.165) is 13.2 Å². The van der Waals surface area contributed by atoms with Gasteiger partial charge in [-0.3, -0.25) is 4.79 Å². The number of ether oxygens (including phenoxy) is 1. The summed E-state index contributed by atoms with van der Waals surface area (Å²) in [7, 11) is 1.09. The third-order valence-corrected chi connectivity index (χ3v) is 2.75. The minimum absolute atomic E-state index is 0.344. The van der Waals surface area contributed by atoms with Crippen molar-refractivity contribution in [3.63, 3.8) is 0 Å². The predicted octanol–water partition coefficient (Wildman–Crippen LogP) is 2.74. The molecule has 0 unspecified atom stereocenters. The van der Waals surface area contributed by atoms with Gasteiger partial charge in [-0.1, -0.05) is 11.6 Å². The summed E-state index contributed by atoms with van der Waals surface area (Å²) in [4.78, 5) is 22.0. The first-order chi connectivity index (χ1) is 7.95. The Morgan fingerprint density at radius 3 is 2.65 bits per heavy atom. The van der Waals surface area contributed by atoms with Crippen LogP contribution in [-0.4, -0.2) is 24.0 Å². The molecule has 1 N–H and O–H groups in total. The molecule has 0 aliphatic rings. The van der Waals surface area contributed by atoms with E-state index in [-0.39, 0.29) is 5.76 Å². The van der Waals surface area contributed by atoms with Crippen molar-refractivity contribution in [1.29, 1.82) is 0 Å². The van der Waals surface area contributed by atoms with Crippen LogP contribution in [0.1, 0.15) is 5.56 Å². The molecule has 0 saturated carbocycles. The van der Waals surface area contributed by atoms with Crippen LogP contribution in [0.4, 0.5) is 0 Å². The van der Waals surface area contributed by atoms with Crippen molar-refractivity contribution >= 4 is 45.0 Å². The van der Waals surface area contributed by atoms with E-state index in [0.29, 0.717) is 15.1 Å². The van der Waals surface area contributed by atoms with Crippen LogP contribution in [0.3, 0.4) is 0 Å². The molecule has 0 saturated heterocycles. The van der Waals surface area contributed by atoms with Gasteiger partial charge >= 0.3 is 5.97 Å². The number of methoxy groups -OCH3 is 1. The minimum atomic E-state index is -1.04. The van der Waals surface area contributed by atoms with Crippen molar-refractivity contribution in [3.05, 3.63) is 39.3 Å². The monoisotopic (exact) mass is 318 g/mol. The average Bonchev–Trinajstić information content (AvgIpc) is 2.27. The van der Waals surface area contributed by atoms with Gasteiger partial charge in [-0.25, -0.2) is 4.79 Å². The number of aliphatic hydroxyl groups excluding tert-OH is 1. The van der Waals surface area contributed by atoms with Gasteiger partial charge in [-0.15, -0.1) is 0 Å². The van der Waals surface area contributed by atoms with Gasteiger partial charge in [-0.2, -0.15) is 0 Å². The number of esters is 1. The van der Waals surface area contributed by atoms with Crippen molar-refractivity contribution < 1.29 is 19.4 Å². The van der Waals surface area contributed by atoms with E-state index < -0.39 is 11.8 Å². The molecule has 90 valence electrons. The third kappa shape index (κ3) is 3.57. The quantitative estimate of drug-likeness (QED) is 0.403. The molecule has 0 radical (unpaired) electrons. The Kier molecular flexibility index (Phi) is 4.72. The van der Waals surface area contributed by atoms with Gasteiger partial charge in [0.05, 0.1) is 7.11 Å². The number of rotatable bonds is 3. The van der Waals surface area contributed by atoms with Crippen LogP contribution >= 0.6 is 27.5 Å². The molecule has 1 aromatic carbocycles. The Morgan fingerprint density at radius 2 is 2.12 bits per heavy atom. The first-order valence-corrected chi connectivity index (χ1v) is 5.61. The minimum Gasteiger partial charge on any atom is -0.507 e. The maximum absolute atomic E-state index is 11.2. The van der Waals surface area contributed by atoms with Crippen LogP contribution in [0, 0.1) is 0 Å². The number of benzene rings is 1. The fourth-order valence-electron chi connectivity index (χ4n) is 1.06. The molecule has 0 spiro atoms. The van der Waals surface area contributed by atoms with Crippen LogP contribution in [0.2, 0.25) is 5.02 Å². The second-order valence-corrected chi connectivity index (χ2v) is 4.30. The Balaban J connectivity index is 3.04. The summed E-state index contributed by atoms with van der Waals surface area (Å²) in [5.41, 5.74) is 0.353. The van der Waals surface area contributed by atoms with Crippen LogP contribution in [0.25, 0.3) is 5.76 Å². The van der Waals surface area contributed by atoms with Crippen LogP contribution < -0.4 is 0 Å². The molecule has 0 heterocycles. The Hall–Kier alpha value is -1.33. The molecular formula is C11H8BrClO4. The second-order valence-electron chi connectivity index (χ2n) is 3.01. The van der Waals surface area contributed by atoms with E-state index >= 15 is 0 Å². The second kappa shape index (κ2) is 5.84.